The Balaban J connectivity index is 1.76. The summed E-state index contributed by atoms with van der Waals surface area (Å²) in [5.74, 6) is -0.148. The maximum Gasteiger partial charge on any atom is 0.339 e. The molecule has 0 spiro atoms. The zero-order valence-electron chi connectivity index (χ0n) is 19.6. The predicted molar refractivity (Wildman–Crippen MR) is 144 cm³/mol. The molecule has 0 heterocycles. The number of hydrogen-bond acceptors (Lipinski definition) is 2. The molecular formula is C31H29O2P. The zero-order valence-corrected chi connectivity index (χ0v) is 20.5. The van der Waals surface area contributed by atoms with Gasteiger partial charge in [-0.15, -0.1) is 0 Å². The first-order valence-electron chi connectivity index (χ1n) is 11.5. The van der Waals surface area contributed by atoms with Crippen molar-refractivity contribution >= 4 is 29.8 Å². The lowest BCUT2D eigenvalue weighted by Crippen LogP contribution is -2.27. The first-order valence-corrected chi connectivity index (χ1v) is 12.8. The first-order chi connectivity index (χ1) is 16.6. The summed E-state index contributed by atoms with van der Waals surface area (Å²) in [5, 5.41) is 3.37. The van der Waals surface area contributed by atoms with Crippen LogP contribution in [0.5, 0.6) is 0 Å². The number of rotatable bonds is 8. The van der Waals surface area contributed by atoms with Crippen LogP contribution in [0.2, 0.25) is 0 Å². The lowest BCUT2D eigenvalue weighted by atomic mass is 9.94. The second-order valence-corrected chi connectivity index (χ2v) is 10.6. The Morgan fingerprint density at radius 1 is 0.706 bits per heavy atom. The highest BCUT2D eigenvalue weighted by Gasteiger charge is 2.27. The fourth-order valence-electron chi connectivity index (χ4n) is 3.88. The minimum Gasteiger partial charge on any atom is -0.449 e. The molecule has 0 amide bonds. The van der Waals surface area contributed by atoms with E-state index < -0.39 is 14.0 Å². The maximum atomic E-state index is 13.7. The highest BCUT2D eigenvalue weighted by molar-refractivity contribution is 7.80. The minimum atomic E-state index is -0.930. The molecule has 0 aromatic heterocycles. The van der Waals surface area contributed by atoms with Gasteiger partial charge in [0.15, 0.2) is 0 Å². The van der Waals surface area contributed by atoms with Gasteiger partial charge >= 0.3 is 5.97 Å². The summed E-state index contributed by atoms with van der Waals surface area (Å²) in [5.41, 5.74) is 2.41. The molecule has 34 heavy (non-hydrogen) atoms. The van der Waals surface area contributed by atoms with Gasteiger partial charge in [-0.3, -0.25) is 0 Å². The van der Waals surface area contributed by atoms with Crippen LogP contribution < -0.4 is 15.9 Å². The van der Waals surface area contributed by atoms with E-state index in [1.165, 1.54) is 10.6 Å². The summed E-state index contributed by atoms with van der Waals surface area (Å²) in [4.78, 5) is 13.7. The molecular weight excluding hydrogens is 435 g/mol. The molecule has 0 aliphatic heterocycles. The van der Waals surface area contributed by atoms with Gasteiger partial charge in [0, 0.05) is 0 Å². The van der Waals surface area contributed by atoms with Gasteiger partial charge in [0.2, 0.25) is 0 Å². The van der Waals surface area contributed by atoms with Crippen LogP contribution >= 0.6 is 7.92 Å². The second kappa shape index (κ2) is 11.1. The van der Waals surface area contributed by atoms with Crippen molar-refractivity contribution in [3.8, 4) is 0 Å². The Kier molecular flexibility index (Phi) is 7.72. The largest absolute Gasteiger partial charge is 0.449 e. The fraction of sp³-hybridized carbons (Fsp3) is 0.129. The van der Waals surface area contributed by atoms with Gasteiger partial charge in [0.1, 0.15) is 6.10 Å². The molecule has 0 aliphatic rings. The number of ether oxygens (including phenoxy) is 1. The average molecular weight is 465 g/mol. The molecule has 0 radical (unpaired) electrons. The molecule has 4 rings (SSSR count). The number of hydrogen-bond donors (Lipinski definition) is 0. The third-order valence-electron chi connectivity index (χ3n) is 5.80. The second-order valence-electron chi connectivity index (χ2n) is 8.45. The molecule has 170 valence electrons. The molecule has 0 bridgehead atoms. The van der Waals surface area contributed by atoms with E-state index in [0.717, 1.165) is 16.4 Å². The van der Waals surface area contributed by atoms with Crippen molar-refractivity contribution in [3.05, 3.63) is 139 Å². The fourth-order valence-corrected chi connectivity index (χ4v) is 6.32. The van der Waals surface area contributed by atoms with E-state index in [2.05, 4.69) is 50.8 Å². The van der Waals surface area contributed by atoms with Crippen molar-refractivity contribution in [1.82, 2.24) is 0 Å². The van der Waals surface area contributed by atoms with Crippen LogP contribution in [0, 0.1) is 5.92 Å². The number of benzene rings is 4. The smallest absolute Gasteiger partial charge is 0.339 e. The summed E-state index contributed by atoms with van der Waals surface area (Å²) in [6.45, 7) is 8.40. The van der Waals surface area contributed by atoms with E-state index in [0.29, 0.717) is 5.56 Å². The Morgan fingerprint density at radius 3 is 1.71 bits per heavy atom. The van der Waals surface area contributed by atoms with Gasteiger partial charge in [-0.2, -0.15) is 0 Å². The predicted octanol–water partition coefficient (Wildman–Crippen LogP) is 6.56. The molecule has 2 nitrogen and oxygen atoms in total. The summed E-state index contributed by atoms with van der Waals surface area (Å²) in [6.07, 6.45) is -0.499. The van der Waals surface area contributed by atoms with Gasteiger partial charge in [0.25, 0.3) is 0 Å². The quantitative estimate of drug-likeness (QED) is 0.168. The molecule has 0 aliphatic carbocycles. The van der Waals surface area contributed by atoms with Crippen LogP contribution in [0.25, 0.3) is 0 Å². The molecule has 1 atom stereocenters. The van der Waals surface area contributed by atoms with E-state index in [9.17, 15) is 4.79 Å². The summed E-state index contributed by atoms with van der Waals surface area (Å²) >= 11 is 0. The molecule has 4 aromatic carbocycles. The van der Waals surface area contributed by atoms with Crippen molar-refractivity contribution in [2.45, 2.75) is 20.0 Å². The summed E-state index contributed by atoms with van der Waals surface area (Å²) in [6, 6.07) is 38.4. The third kappa shape index (κ3) is 5.35. The Bertz CT molecular complexity index is 1190. The van der Waals surface area contributed by atoms with Crippen molar-refractivity contribution in [3.63, 3.8) is 0 Å². The molecule has 1 unspecified atom stereocenters. The molecule has 0 N–H and O–H groups in total. The SMILES string of the molecule is C=C(C(C)C)C(OC(=O)c1ccccc1P(c1ccccc1)c1ccccc1)c1ccccc1. The van der Waals surface area contributed by atoms with E-state index >= 15 is 0 Å². The van der Waals surface area contributed by atoms with Crippen LogP contribution in [0.4, 0.5) is 0 Å². The van der Waals surface area contributed by atoms with Gasteiger partial charge in [-0.25, -0.2) is 4.79 Å². The highest BCUT2D eigenvalue weighted by atomic mass is 31.1. The van der Waals surface area contributed by atoms with Gasteiger partial charge in [-0.05, 0) is 47.0 Å². The van der Waals surface area contributed by atoms with Crippen LogP contribution in [-0.4, -0.2) is 5.97 Å². The molecule has 3 heteroatoms. The van der Waals surface area contributed by atoms with Crippen molar-refractivity contribution in [2.24, 2.45) is 5.92 Å². The van der Waals surface area contributed by atoms with Crippen LogP contribution in [0.1, 0.15) is 35.9 Å². The zero-order chi connectivity index (χ0) is 23.9. The van der Waals surface area contributed by atoms with Crippen molar-refractivity contribution in [2.75, 3.05) is 0 Å². The average Bonchev–Trinajstić information content (AvgIpc) is 2.89. The van der Waals surface area contributed by atoms with Crippen LogP contribution in [0.15, 0.2) is 127 Å². The normalized spacial score (nSPS) is 11.9. The summed E-state index contributed by atoms with van der Waals surface area (Å²) in [7, 11) is -0.930. The highest BCUT2D eigenvalue weighted by Crippen LogP contribution is 2.35. The summed E-state index contributed by atoms with van der Waals surface area (Å²) < 4.78 is 6.18. The monoisotopic (exact) mass is 464 g/mol. The van der Waals surface area contributed by atoms with E-state index in [-0.39, 0.29) is 11.9 Å². The van der Waals surface area contributed by atoms with Crippen molar-refractivity contribution in [1.29, 1.82) is 0 Å². The standard InChI is InChI=1S/C31H29O2P/c1-23(2)24(3)30(25-15-7-4-8-16-25)33-31(32)28-21-13-14-22-29(28)34(26-17-9-5-10-18-26)27-19-11-6-12-20-27/h4-23,30H,3H2,1-2H3. The van der Waals surface area contributed by atoms with Gasteiger partial charge in [-0.1, -0.05) is 130 Å². The minimum absolute atomic E-state index is 0.180. The van der Waals surface area contributed by atoms with Gasteiger partial charge in [0.05, 0.1) is 5.56 Å². The first kappa shape index (κ1) is 23.7. The molecule has 0 fully saturated rings. The van der Waals surface area contributed by atoms with E-state index in [1.54, 1.807) is 0 Å². The lowest BCUT2D eigenvalue weighted by Gasteiger charge is -2.25. The third-order valence-corrected chi connectivity index (χ3v) is 8.30. The van der Waals surface area contributed by atoms with Crippen molar-refractivity contribution < 1.29 is 9.53 Å². The number of carbonyl (C=O) groups is 1. The Labute approximate surface area is 203 Å². The topological polar surface area (TPSA) is 26.3 Å². The lowest BCUT2D eigenvalue weighted by molar-refractivity contribution is 0.0359. The van der Waals surface area contributed by atoms with Crippen LogP contribution in [-0.2, 0) is 4.74 Å². The molecule has 0 saturated carbocycles. The maximum absolute atomic E-state index is 13.7. The molecule has 4 aromatic rings. The van der Waals surface area contributed by atoms with E-state index in [1.807, 2.05) is 84.9 Å². The number of carbonyl (C=O) groups excluding carboxylic acids is 1. The Hall–Kier alpha value is -3.48. The molecule has 0 saturated heterocycles. The Morgan fingerprint density at radius 2 is 1.18 bits per heavy atom. The van der Waals surface area contributed by atoms with Crippen LogP contribution in [0.3, 0.4) is 0 Å². The van der Waals surface area contributed by atoms with Gasteiger partial charge < -0.3 is 4.74 Å². The van der Waals surface area contributed by atoms with E-state index in [4.69, 9.17) is 4.74 Å². The number of esters is 1.